The molecule has 3 rings (SSSR count). The fraction of sp³-hybridized carbons (Fsp3) is 0.706. The number of aryl methyl sites for hydroxylation is 1. The highest BCUT2D eigenvalue weighted by atomic mass is 16.3. The van der Waals surface area contributed by atoms with E-state index in [-0.39, 0.29) is 0 Å². The Balaban J connectivity index is 1.65. The van der Waals surface area contributed by atoms with Gasteiger partial charge in [0.25, 0.3) is 0 Å². The summed E-state index contributed by atoms with van der Waals surface area (Å²) in [5.41, 5.74) is 0. The fourth-order valence-electron chi connectivity index (χ4n) is 3.74. The molecule has 21 heavy (non-hydrogen) atoms. The molecule has 0 aliphatic heterocycles. The van der Waals surface area contributed by atoms with Gasteiger partial charge >= 0.3 is 0 Å². The number of nitrogens with zero attached hydrogens (tertiary/aromatic N) is 2. The summed E-state index contributed by atoms with van der Waals surface area (Å²) in [6.07, 6.45) is 3.82. The highest BCUT2D eigenvalue weighted by Crippen LogP contribution is 2.58. The van der Waals surface area contributed by atoms with Gasteiger partial charge in [0.05, 0.1) is 6.54 Å². The lowest BCUT2D eigenvalue weighted by Crippen LogP contribution is -2.37. The van der Waals surface area contributed by atoms with Gasteiger partial charge in [0.1, 0.15) is 11.5 Å². The third-order valence-electron chi connectivity index (χ3n) is 4.96. The molecule has 0 aromatic carbocycles. The first-order valence-electron chi connectivity index (χ1n) is 8.05. The first-order chi connectivity index (χ1) is 10.1. The van der Waals surface area contributed by atoms with Crippen molar-refractivity contribution in [1.82, 2.24) is 9.80 Å². The van der Waals surface area contributed by atoms with Gasteiger partial charge in [0.15, 0.2) is 0 Å². The van der Waals surface area contributed by atoms with E-state index in [1.807, 2.05) is 38.1 Å². The van der Waals surface area contributed by atoms with E-state index in [4.69, 9.17) is 4.42 Å². The van der Waals surface area contributed by atoms with E-state index in [0.717, 1.165) is 24.6 Å². The summed E-state index contributed by atoms with van der Waals surface area (Å²) < 4.78 is 5.66. The lowest BCUT2D eigenvalue weighted by molar-refractivity contribution is -0.134. The van der Waals surface area contributed by atoms with Crippen molar-refractivity contribution in [2.24, 2.45) is 17.8 Å². The van der Waals surface area contributed by atoms with Crippen molar-refractivity contribution in [2.45, 2.75) is 32.7 Å². The topological polar surface area (TPSA) is 36.7 Å². The summed E-state index contributed by atoms with van der Waals surface area (Å²) in [5.74, 6) is 3.81. The molecule has 1 aromatic rings. The number of likely N-dealkylation sites (N-methyl/N-ethyl adjacent to an activating group) is 1. The molecule has 1 heterocycles. The molecule has 2 saturated carbocycles. The smallest absolute Gasteiger partial charge is 0.226 e. The number of hydrogen-bond acceptors (Lipinski definition) is 3. The molecular formula is C17H26N2O2. The zero-order chi connectivity index (χ0) is 15.0. The van der Waals surface area contributed by atoms with E-state index in [9.17, 15) is 4.79 Å². The van der Waals surface area contributed by atoms with E-state index in [0.29, 0.717) is 30.2 Å². The summed E-state index contributed by atoms with van der Waals surface area (Å²) in [7, 11) is 4.09. The van der Waals surface area contributed by atoms with Gasteiger partial charge in [-0.2, -0.15) is 0 Å². The minimum atomic E-state index is 0.303. The van der Waals surface area contributed by atoms with Crippen molar-refractivity contribution >= 4 is 5.91 Å². The lowest BCUT2D eigenvalue weighted by atomic mass is 10.1. The third kappa shape index (κ3) is 3.15. The second kappa shape index (κ2) is 5.84. The predicted octanol–water partition coefficient (Wildman–Crippen LogP) is 2.52. The van der Waals surface area contributed by atoms with Crippen LogP contribution in [0.2, 0.25) is 0 Å². The van der Waals surface area contributed by atoms with Crippen LogP contribution in [0.5, 0.6) is 0 Å². The van der Waals surface area contributed by atoms with Crippen LogP contribution in [0.4, 0.5) is 0 Å². The molecule has 1 aromatic heterocycles. The average molecular weight is 290 g/mol. The Bertz CT molecular complexity index is 499. The Morgan fingerprint density at radius 2 is 1.95 bits per heavy atom. The van der Waals surface area contributed by atoms with Crippen molar-refractivity contribution in [1.29, 1.82) is 0 Å². The number of amides is 1. The predicted molar refractivity (Wildman–Crippen MR) is 81.7 cm³/mol. The number of fused-ring (bicyclic) bond motifs is 1. The van der Waals surface area contributed by atoms with Gasteiger partial charge in [-0.25, -0.2) is 0 Å². The summed E-state index contributed by atoms with van der Waals surface area (Å²) in [4.78, 5) is 16.9. The molecule has 1 amide bonds. The summed E-state index contributed by atoms with van der Waals surface area (Å²) in [5, 5.41) is 0. The Kier molecular flexibility index (Phi) is 4.07. The Morgan fingerprint density at radius 1 is 1.24 bits per heavy atom. The zero-order valence-corrected chi connectivity index (χ0v) is 13.3. The van der Waals surface area contributed by atoms with Crippen molar-refractivity contribution in [3.8, 4) is 0 Å². The molecule has 2 aliphatic rings. The SMILES string of the molecule is Cc1ccc(CN(CCN(C)C)C(=O)C2[C@H]3CCC[C@@H]23)o1. The second-order valence-corrected chi connectivity index (χ2v) is 6.86. The number of rotatable bonds is 6. The standard InChI is InChI=1S/C17H26N2O2/c1-12-7-8-13(21-12)11-19(10-9-18(2)3)17(20)16-14-5-4-6-15(14)16/h7-8,14-16H,4-6,9-11H2,1-3H3/t14-,15+,16?. The Labute approximate surface area is 127 Å². The van der Waals surface area contributed by atoms with E-state index in [1.165, 1.54) is 19.3 Å². The van der Waals surface area contributed by atoms with Crippen molar-refractivity contribution in [2.75, 3.05) is 27.2 Å². The molecule has 2 fully saturated rings. The number of hydrogen-bond donors (Lipinski definition) is 0. The molecule has 3 atom stereocenters. The van der Waals surface area contributed by atoms with Crippen LogP contribution in [-0.2, 0) is 11.3 Å². The Hall–Kier alpha value is -1.29. The maximum Gasteiger partial charge on any atom is 0.226 e. The molecule has 0 spiro atoms. The van der Waals surface area contributed by atoms with Crippen LogP contribution in [0.15, 0.2) is 16.5 Å². The Morgan fingerprint density at radius 3 is 2.52 bits per heavy atom. The lowest BCUT2D eigenvalue weighted by Gasteiger charge is -2.24. The van der Waals surface area contributed by atoms with Crippen molar-refractivity contribution < 1.29 is 9.21 Å². The molecule has 2 aliphatic carbocycles. The molecule has 0 bridgehead atoms. The van der Waals surface area contributed by atoms with E-state index >= 15 is 0 Å². The monoisotopic (exact) mass is 290 g/mol. The van der Waals surface area contributed by atoms with E-state index in [2.05, 4.69) is 4.90 Å². The van der Waals surface area contributed by atoms with Crippen molar-refractivity contribution in [3.63, 3.8) is 0 Å². The maximum atomic E-state index is 12.8. The van der Waals surface area contributed by atoms with Gasteiger partial charge in [-0.1, -0.05) is 6.42 Å². The largest absolute Gasteiger partial charge is 0.464 e. The quantitative estimate of drug-likeness (QED) is 0.808. The first-order valence-corrected chi connectivity index (χ1v) is 8.05. The number of furan rings is 1. The molecule has 0 saturated heterocycles. The molecule has 0 radical (unpaired) electrons. The third-order valence-corrected chi connectivity index (χ3v) is 4.96. The van der Waals surface area contributed by atoms with Gasteiger partial charge in [0.2, 0.25) is 5.91 Å². The zero-order valence-electron chi connectivity index (χ0n) is 13.3. The van der Waals surface area contributed by atoms with Crippen LogP contribution in [-0.4, -0.2) is 42.9 Å². The van der Waals surface area contributed by atoms with Gasteiger partial charge in [-0.05, 0) is 57.8 Å². The van der Waals surface area contributed by atoms with E-state index < -0.39 is 0 Å². The van der Waals surface area contributed by atoms with Gasteiger partial charge in [-0.15, -0.1) is 0 Å². The highest BCUT2D eigenvalue weighted by Gasteiger charge is 2.57. The van der Waals surface area contributed by atoms with Gasteiger partial charge < -0.3 is 14.2 Å². The number of carbonyl (C=O) groups excluding carboxylic acids is 1. The average Bonchev–Trinajstić information content (AvgIpc) is 2.79. The van der Waals surface area contributed by atoms with E-state index in [1.54, 1.807) is 0 Å². The van der Waals surface area contributed by atoms with Crippen LogP contribution in [0.3, 0.4) is 0 Å². The molecule has 1 unspecified atom stereocenters. The molecular weight excluding hydrogens is 264 g/mol. The first kappa shape index (κ1) is 14.6. The normalized spacial score (nSPS) is 27.0. The van der Waals surface area contributed by atoms with Crippen LogP contribution in [0.25, 0.3) is 0 Å². The second-order valence-electron chi connectivity index (χ2n) is 6.86. The molecule has 116 valence electrons. The van der Waals surface area contributed by atoms with Gasteiger partial charge in [-0.3, -0.25) is 4.79 Å². The van der Waals surface area contributed by atoms with Gasteiger partial charge in [0, 0.05) is 19.0 Å². The van der Waals surface area contributed by atoms with Crippen LogP contribution < -0.4 is 0 Å². The van der Waals surface area contributed by atoms with Crippen LogP contribution in [0.1, 0.15) is 30.8 Å². The minimum Gasteiger partial charge on any atom is -0.464 e. The fourth-order valence-corrected chi connectivity index (χ4v) is 3.74. The highest BCUT2D eigenvalue weighted by molar-refractivity contribution is 5.82. The minimum absolute atomic E-state index is 0.303. The van der Waals surface area contributed by atoms with Crippen LogP contribution >= 0.6 is 0 Å². The van der Waals surface area contributed by atoms with Crippen molar-refractivity contribution in [3.05, 3.63) is 23.7 Å². The summed E-state index contributed by atoms with van der Waals surface area (Å²) >= 11 is 0. The van der Waals surface area contributed by atoms with Crippen LogP contribution in [0, 0.1) is 24.7 Å². The molecule has 4 heteroatoms. The molecule has 4 nitrogen and oxygen atoms in total. The maximum absolute atomic E-state index is 12.8. The number of carbonyl (C=O) groups is 1. The summed E-state index contributed by atoms with van der Waals surface area (Å²) in [6, 6.07) is 3.95. The molecule has 0 N–H and O–H groups in total. The summed E-state index contributed by atoms with van der Waals surface area (Å²) in [6.45, 7) is 4.23.